The Morgan fingerprint density at radius 1 is 1.07 bits per heavy atom. The van der Waals surface area contributed by atoms with Gasteiger partial charge in [-0.15, -0.1) is 0 Å². The highest BCUT2D eigenvalue weighted by atomic mass is 16.5. The number of para-hydroxylation sites is 3. The van der Waals surface area contributed by atoms with Gasteiger partial charge in [-0.3, -0.25) is 19.3 Å². The van der Waals surface area contributed by atoms with Gasteiger partial charge < -0.3 is 24.7 Å². The highest BCUT2D eigenvalue weighted by Gasteiger charge is 2.52. The lowest BCUT2D eigenvalue weighted by Gasteiger charge is -2.28. The maximum atomic E-state index is 13.9. The monoisotopic (exact) mass is 567 g/mol. The summed E-state index contributed by atoms with van der Waals surface area (Å²) in [5.74, 6) is -0.624. The number of rotatable bonds is 6. The van der Waals surface area contributed by atoms with Crippen molar-refractivity contribution in [1.29, 1.82) is 0 Å². The number of hydrogen-bond donors (Lipinski definition) is 2. The zero-order chi connectivity index (χ0) is 29.6. The Hall–Kier alpha value is -4.47. The molecular formula is C33H33N3O6. The summed E-state index contributed by atoms with van der Waals surface area (Å²) in [4.78, 5) is 44.9. The largest absolute Gasteiger partial charge is 0.454 e. The van der Waals surface area contributed by atoms with Crippen LogP contribution in [0.3, 0.4) is 0 Å². The molecule has 1 saturated heterocycles. The summed E-state index contributed by atoms with van der Waals surface area (Å²) in [6.45, 7) is 2.29. The number of aliphatic hydroxyl groups is 2. The number of benzene rings is 3. The molecule has 6 rings (SSSR count). The molecule has 1 fully saturated rings. The summed E-state index contributed by atoms with van der Waals surface area (Å²) < 4.78 is 6.12. The van der Waals surface area contributed by atoms with Gasteiger partial charge in [-0.05, 0) is 55.3 Å². The van der Waals surface area contributed by atoms with Crippen molar-refractivity contribution in [3.8, 4) is 11.5 Å². The van der Waals surface area contributed by atoms with Crippen LogP contribution in [0.2, 0.25) is 0 Å². The first-order chi connectivity index (χ1) is 20.3. The van der Waals surface area contributed by atoms with E-state index in [1.165, 1.54) is 9.80 Å². The van der Waals surface area contributed by atoms with Gasteiger partial charge >= 0.3 is 0 Å². The lowest BCUT2D eigenvalue weighted by Crippen LogP contribution is -2.43. The number of carbonyl (C=O) groups excluding carboxylic acids is 3. The molecule has 3 heterocycles. The van der Waals surface area contributed by atoms with Crippen LogP contribution in [0.1, 0.15) is 42.1 Å². The first-order valence-corrected chi connectivity index (χ1v) is 14.2. The molecule has 3 atom stereocenters. The van der Waals surface area contributed by atoms with Gasteiger partial charge in [0.25, 0.3) is 11.8 Å². The number of ether oxygens (including phenoxy) is 1. The molecule has 3 aliphatic rings. The minimum Gasteiger partial charge on any atom is -0.454 e. The van der Waals surface area contributed by atoms with E-state index in [0.29, 0.717) is 46.2 Å². The van der Waals surface area contributed by atoms with Gasteiger partial charge in [0, 0.05) is 37.2 Å². The van der Waals surface area contributed by atoms with Gasteiger partial charge in [0.05, 0.1) is 29.6 Å². The fourth-order valence-corrected chi connectivity index (χ4v) is 6.23. The number of likely N-dealkylation sites (tertiary alicyclic amines) is 1. The Kier molecular flexibility index (Phi) is 7.08. The van der Waals surface area contributed by atoms with Crippen molar-refractivity contribution in [1.82, 2.24) is 4.90 Å². The van der Waals surface area contributed by atoms with Crippen LogP contribution in [-0.2, 0) is 15.2 Å². The molecule has 0 unspecified atom stereocenters. The van der Waals surface area contributed by atoms with E-state index in [2.05, 4.69) is 0 Å². The summed E-state index contributed by atoms with van der Waals surface area (Å²) in [7, 11) is 1.61. The van der Waals surface area contributed by atoms with Gasteiger partial charge in [-0.1, -0.05) is 43.3 Å². The molecular weight excluding hydrogens is 534 g/mol. The van der Waals surface area contributed by atoms with Crippen molar-refractivity contribution < 1.29 is 29.3 Å². The summed E-state index contributed by atoms with van der Waals surface area (Å²) >= 11 is 0. The molecule has 0 saturated carbocycles. The molecule has 9 nitrogen and oxygen atoms in total. The maximum Gasteiger partial charge on any atom is 0.266 e. The normalized spacial score (nSPS) is 22.1. The second-order valence-corrected chi connectivity index (χ2v) is 11.0. The van der Waals surface area contributed by atoms with Crippen LogP contribution in [0.5, 0.6) is 11.5 Å². The number of anilines is 3. The van der Waals surface area contributed by atoms with Crippen LogP contribution >= 0.6 is 0 Å². The summed E-state index contributed by atoms with van der Waals surface area (Å²) in [5, 5.41) is 21.6. The highest BCUT2D eigenvalue weighted by molar-refractivity contribution is 6.15. The molecule has 216 valence electrons. The van der Waals surface area contributed by atoms with Crippen molar-refractivity contribution >= 4 is 34.8 Å². The van der Waals surface area contributed by atoms with Crippen LogP contribution in [-0.4, -0.2) is 59.1 Å². The lowest BCUT2D eigenvalue weighted by atomic mass is 9.82. The first kappa shape index (κ1) is 27.7. The predicted molar refractivity (Wildman–Crippen MR) is 158 cm³/mol. The van der Waals surface area contributed by atoms with E-state index in [-0.39, 0.29) is 30.9 Å². The average Bonchev–Trinajstić information content (AvgIpc) is 3.52. The fourth-order valence-electron chi connectivity index (χ4n) is 6.23. The third-order valence-corrected chi connectivity index (χ3v) is 8.57. The zero-order valence-electron chi connectivity index (χ0n) is 23.6. The van der Waals surface area contributed by atoms with Crippen LogP contribution in [0.25, 0.3) is 0 Å². The molecule has 3 aliphatic heterocycles. The van der Waals surface area contributed by atoms with Crippen molar-refractivity contribution in [3.63, 3.8) is 0 Å². The number of hydrogen-bond acceptors (Lipinski definition) is 6. The second kappa shape index (κ2) is 10.7. The number of nitrogens with zero attached hydrogens (tertiary/aromatic N) is 3. The number of fused-ring (bicyclic) bond motifs is 3. The molecule has 3 amide bonds. The van der Waals surface area contributed by atoms with E-state index in [9.17, 15) is 24.6 Å². The van der Waals surface area contributed by atoms with Gasteiger partial charge in [-0.2, -0.15) is 0 Å². The minimum atomic E-state index is -1.91. The van der Waals surface area contributed by atoms with E-state index >= 15 is 0 Å². The Labute approximate surface area is 244 Å². The first-order valence-electron chi connectivity index (χ1n) is 14.2. The van der Waals surface area contributed by atoms with Gasteiger partial charge in [0.1, 0.15) is 5.75 Å². The van der Waals surface area contributed by atoms with Crippen LogP contribution in [0.15, 0.2) is 78.9 Å². The highest BCUT2D eigenvalue weighted by Crippen LogP contribution is 2.48. The number of likely N-dealkylation sites (N-methyl/N-ethyl adjacent to an activating group) is 1. The van der Waals surface area contributed by atoms with Crippen molar-refractivity contribution in [3.05, 3.63) is 90.0 Å². The van der Waals surface area contributed by atoms with E-state index in [4.69, 9.17) is 4.74 Å². The maximum absolute atomic E-state index is 13.9. The summed E-state index contributed by atoms with van der Waals surface area (Å²) in [5.41, 5.74) is 0.402. The number of aliphatic hydroxyl groups excluding tert-OH is 1. The molecule has 3 aromatic carbocycles. The minimum absolute atomic E-state index is 0.0622. The van der Waals surface area contributed by atoms with Gasteiger partial charge in [-0.25, -0.2) is 0 Å². The average molecular weight is 568 g/mol. The van der Waals surface area contributed by atoms with Crippen LogP contribution in [0, 0.1) is 5.92 Å². The Morgan fingerprint density at radius 2 is 1.81 bits per heavy atom. The molecule has 0 aliphatic carbocycles. The smallest absolute Gasteiger partial charge is 0.266 e. The van der Waals surface area contributed by atoms with E-state index in [0.717, 1.165) is 12.8 Å². The second-order valence-electron chi connectivity index (χ2n) is 11.0. The zero-order valence-corrected chi connectivity index (χ0v) is 23.6. The van der Waals surface area contributed by atoms with E-state index < -0.39 is 17.4 Å². The van der Waals surface area contributed by atoms with Gasteiger partial charge in [0.2, 0.25) is 5.91 Å². The van der Waals surface area contributed by atoms with E-state index in [1.807, 2.05) is 12.1 Å². The number of carbonyl (C=O) groups is 3. The van der Waals surface area contributed by atoms with Crippen molar-refractivity contribution in [2.45, 2.75) is 37.8 Å². The van der Waals surface area contributed by atoms with Crippen molar-refractivity contribution in [2.75, 3.05) is 30.0 Å². The SMILES string of the molecule is C[C@@H](/C=C/CC(=O)N1CCC[C@H]1CO)[C@]1(O)C(=O)N(C)c2ccc(N3C(=O)c4ccccc4Oc4ccccc43)cc21. The van der Waals surface area contributed by atoms with Crippen molar-refractivity contribution in [2.24, 2.45) is 5.92 Å². The summed E-state index contributed by atoms with van der Waals surface area (Å²) in [6, 6.07) is 19.3. The quantitative estimate of drug-likeness (QED) is 0.425. The number of amides is 3. The van der Waals surface area contributed by atoms with Crippen LogP contribution < -0.4 is 14.5 Å². The summed E-state index contributed by atoms with van der Waals surface area (Å²) in [6.07, 6.45) is 5.11. The molecule has 42 heavy (non-hydrogen) atoms. The predicted octanol–water partition coefficient (Wildman–Crippen LogP) is 4.50. The standard InChI is InChI=1S/C33H33N3O6/c1-21(9-7-15-30(38)35-18-8-10-23(35)20-37)33(41)25-19-22(16-17-26(25)34(2)32(33)40)36-27-12-4-6-14-29(27)42-28-13-5-3-11-24(28)31(36)39/h3-7,9,11-14,16-17,19,21,23,37,41H,8,10,15,18,20H2,1-2H3/b9-7+/t21-,23-,33+/m0/s1. The lowest BCUT2D eigenvalue weighted by molar-refractivity contribution is -0.139. The van der Waals surface area contributed by atoms with E-state index in [1.54, 1.807) is 85.6 Å². The Morgan fingerprint density at radius 3 is 2.60 bits per heavy atom. The molecule has 0 aromatic heterocycles. The molecule has 0 spiro atoms. The Bertz CT molecular complexity index is 1600. The van der Waals surface area contributed by atoms with Crippen LogP contribution in [0.4, 0.5) is 17.1 Å². The Balaban J connectivity index is 1.35. The molecule has 0 radical (unpaired) electrons. The molecule has 9 heteroatoms. The topological polar surface area (TPSA) is 111 Å². The third kappa shape index (κ3) is 4.36. The molecule has 2 N–H and O–H groups in total. The molecule has 3 aromatic rings. The molecule has 0 bridgehead atoms. The third-order valence-electron chi connectivity index (χ3n) is 8.57. The fraction of sp³-hybridized carbons (Fsp3) is 0.303. The van der Waals surface area contributed by atoms with Gasteiger partial charge in [0.15, 0.2) is 11.4 Å².